The number of nitrogens with one attached hydrogen (secondary N) is 1. The minimum absolute atomic E-state index is 0.0880. The summed E-state index contributed by atoms with van der Waals surface area (Å²) >= 11 is 5.98. The molecule has 0 bridgehead atoms. The summed E-state index contributed by atoms with van der Waals surface area (Å²) in [7, 11) is 0. The van der Waals surface area contributed by atoms with E-state index in [1.54, 1.807) is 36.4 Å². The molecule has 0 saturated carbocycles. The van der Waals surface area contributed by atoms with Gasteiger partial charge in [0.25, 0.3) is 5.69 Å². The van der Waals surface area contributed by atoms with Crippen molar-refractivity contribution < 1.29 is 4.92 Å². The van der Waals surface area contributed by atoms with E-state index < -0.39 is 4.92 Å². The number of halogens is 1. The molecule has 0 aliphatic heterocycles. The molecule has 2 aromatic rings. The van der Waals surface area contributed by atoms with Crippen LogP contribution in [0.15, 0.2) is 42.5 Å². The van der Waals surface area contributed by atoms with E-state index in [0.29, 0.717) is 22.1 Å². The predicted molar refractivity (Wildman–Crippen MR) is 72.2 cm³/mol. The topological polar surface area (TPSA) is 81.2 Å². The number of rotatable bonds is 3. The van der Waals surface area contributed by atoms with Crippen LogP contribution in [0.4, 0.5) is 22.7 Å². The van der Waals surface area contributed by atoms with Crippen LogP contribution in [0.3, 0.4) is 0 Å². The van der Waals surface area contributed by atoms with Gasteiger partial charge in [-0.3, -0.25) is 10.1 Å². The van der Waals surface area contributed by atoms with E-state index >= 15 is 0 Å². The number of hydrogen-bond donors (Lipinski definition) is 2. The third-order valence-electron chi connectivity index (χ3n) is 2.36. The Morgan fingerprint density at radius 1 is 1.17 bits per heavy atom. The molecule has 0 heterocycles. The highest BCUT2D eigenvalue weighted by atomic mass is 35.5. The summed E-state index contributed by atoms with van der Waals surface area (Å²) in [6.45, 7) is 0. The summed E-state index contributed by atoms with van der Waals surface area (Å²) in [6.07, 6.45) is 0. The first-order valence-corrected chi connectivity index (χ1v) is 5.51. The van der Waals surface area contributed by atoms with E-state index in [1.165, 1.54) is 6.07 Å². The van der Waals surface area contributed by atoms with E-state index in [4.69, 9.17) is 17.3 Å². The number of nitro groups is 1. The second-order valence-corrected chi connectivity index (χ2v) is 4.05. The standard InChI is InChI=1S/C12H10ClN3O2/c13-9-3-1-2-4-10(9)15-11-6-5-8(14)7-12(11)16(17)18/h1-7,15H,14H2. The molecule has 92 valence electrons. The second kappa shape index (κ2) is 4.93. The largest absolute Gasteiger partial charge is 0.399 e. The average molecular weight is 264 g/mol. The minimum atomic E-state index is -0.491. The van der Waals surface area contributed by atoms with Gasteiger partial charge in [0, 0.05) is 11.8 Å². The third kappa shape index (κ3) is 2.52. The van der Waals surface area contributed by atoms with E-state index in [1.807, 2.05) is 0 Å². The van der Waals surface area contributed by atoms with Gasteiger partial charge in [0.1, 0.15) is 5.69 Å². The van der Waals surface area contributed by atoms with Crippen molar-refractivity contribution in [1.29, 1.82) is 0 Å². The minimum Gasteiger partial charge on any atom is -0.399 e. The number of anilines is 3. The van der Waals surface area contributed by atoms with Gasteiger partial charge in [0.05, 0.1) is 15.6 Å². The average Bonchev–Trinajstić information content (AvgIpc) is 2.34. The number of para-hydroxylation sites is 1. The highest BCUT2D eigenvalue weighted by Crippen LogP contribution is 2.32. The van der Waals surface area contributed by atoms with Crippen molar-refractivity contribution in [2.45, 2.75) is 0 Å². The van der Waals surface area contributed by atoms with Crippen molar-refractivity contribution in [2.75, 3.05) is 11.1 Å². The maximum Gasteiger partial charge on any atom is 0.294 e. The summed E-state index contributed by atoms with van der Waals surface area (Å²) in [6, 6.07) is 11.5. The molecule has 0 amide bonds. The monoisotopic (exact) mass is 263 g/mol. The predicted octanol–water partition coefficient (Wildman–Crippen LogP) is 3.57. The van der Waals surface area contributed by atoms with Crippen LogP contribution in [0.2, 0.25) is 5.02 Å². The maximum absolute atomic E-state index is 10.9. The summed E-state index contributed by atoms with van der Waals surface area (Å²) < 4.78 is 0. The van der Waals surface area contributed by atoms with Crippen LogP contribution in [0.25, 0.3) is 0 Å². The van der Waals surface area contributed by atoms with Crippen molar-refractivity contribution >= 4 is 34.4 Å². The molecule has 3 N–H and O–H groups in total. The first kappa shape index (κ1) is 12.2. The lowest BCUT2D eigenvalue weighted by Gasteiger charge is -2.09. The number of nitro benzene ring substituents is 1. The lowest BCUT2D eigenvalue weighted by molar-refractivity contribution is -0.383. The maximum atomic E-state index is 10.9. The SMILES string of the molecule is Nc1ccc(Nc2ccccc2Cl)c([N+](=O)[O-])c1. The van der Waals surface area contributed by atoms with Crippen molar-refractivity contribution in [3.05, 3.63) is 57.6 Å². The number of hydrogen-bond acceptors (Lipinski definition) is 4. The first-order valence-electron chi connectivity index (χ1n) is 5.13. The molecule has 2 aromatic carbocycles. The van der Waals surface area contributed by atoms with Gasteiger partial charge < -0.3 is 11.1 Å². The normalized spacial score (nSPS) is 10.1. The molecule has 0 atom stereocenters. The van der Waals surface area contributed by atoms with Crippen LogP contribution in [-0.2, 0) is 0 Å². The van der Waals surface area contributed by atoms with Crippen LogP contribution in [0, 0.1) is 10.1 Å². The summed E-state index contributed by atoms with van der Waals surface area (Å²) in [5.41, 5.74) is 6.73. The van der Waals surface area contributed by atoms with Crippen molar-refractivity contribution in [3.63, 3.8) is 0 Å². The fraction of sp³-hybridized carbons (Fsp3) is 0. The Hall–Kier alpha value is -2.27. The molecule has 0 spiro atoms. The Bertz CT molecular complexity index is 602. The number of nitrogen functional groups attached to an aromatic ring is 1. The zero-order chi connectivity index (χ0) is 13.1. The van der Waals surface area contributed by atoms with E-state index in [0.717, 1.165) is 0 Å². The Labute approximate surface area is 108 Å². The first-order chi connectivity index (χ1) is 8.58. The zero-order valence-corrected chi connectivity index (χ0v) is 10.0. The lowest BCUT2D eigenvalue weighted by atomic mass is 10.2. The molecule has 0 aromatic heterocycles. The van der Waals surface area contributed by atoms with Crippen LogP contribution < -0.4 is 11.1 Å². The lowest BCUT2D eigenvalue weighted by Crippen LogP contribution is -1.98. The molecule has 6 heteroatoms. The third-order valence-corrected chi connectivity index (χ3v) is 2.69. The number of benzene rings is 2. The van der Waals surface area contributed by atoms with Gasteiger partial charge in [0.2, 0.25) is 0 Å². The molecule has 2 rings (SSSR count). The van der Waals surface area contributed by atoms with Gasteiger partial charge in [-0.25, -0.2) is 0 Å². The fourth-order valence-corrected chi connectivity index (χ4v) is 1.70. The van der Waals surface area contributed by atoms with Gasteiger partial charge in [-0.15, -0.1) is 0 Å². The van der Waals surface area contributed by atoms with Gasteiger partial charge in [-0.2, -0.15) is 0 Å². The van der Waals surface area contributed by atoms with Crippen molar-refractivity contribution in [3.8, 4) is 0 Å². The molecule has 0 aliphatic rings. The van der Waals surface area contributed by atoms with Crippen molar-refractivity contribution in [1.82, 2.24) is 0 Å². The Balaban J connectivity index is 2.41. The van der Waals surface area contributed by atoms with Crippen LogP contribution >= 0.6 is 11.6 Å². The van der Waals surface area contributed by atoms with E-state index in [-0.39, 0.29) is 5.69 Å². The Kier molecular flexibility index (Phi) is 3.34. The second-order valence-electron chi connectivity index (χ2n) is 3.64. The Morgan fingerprint density at radius 2 is 1.89 bits per heavy atom. The smallest absolute Gasteiger partial charge is 0.294 e. The molecular weight excluding hydrogens is 254 g/mol. The number of nitrogens with two attached hydrogens (primary N) is 1. The van der Waals surface area contributed by atoms with Crippen LogP contribution in [0.1, 0.15) is 0 Å². The van der Waals surface area contributed by atoms with Crippen molar-refractivity contribution in [2.24, 2.45) is 0 Å². The highest BCUT2D eigenvalue weighted by molar-refractivity contribution is 6.33. The summed E-state index contributed by atoms with van der Waals surface area (Å²) in [4.78, 5) is 10.4. The van der Waals surface area contributed by atoms with Crippen LogP contribution in [0.5, 0.6) is 0 Å². The molecule has 0 saturated heterocycles. The Morgan fingerprint density at radius 3 is 2.56 bits per heavy atom. The molecule has 0 aliphatic carbocycles. The van der Waals surface area contributed by atoms with Gasteiger partial charge in [-0.05, 0) is 24.3 Å². The molecular formula is C12H10ClN3O2. The molecule has 0 fully saturated rings. The molecule has 0 unspecified atom stereocenters. The van der Waals surface area contributed by atoms with E-state index in [2.05, 4.69) is 5.32 Å². The quantitative estimate of drug-likeness (QED) is 0.504. The zero-order valence-electron chi connectivity index (χ0n) is 9.26. The molecule has 18 heavy (non-hydrogen) atoms. The van der Waals surface area contributed by atoms with Crippen LogP contribution in [-0.4, -0.2) is 4.92 Å². The number of nitrogens with zero attached hydrogens (tertiary/aromatic N) is 1. The molecule has 5 nitrogen and oxygen atoms in total. The van der Waals surface area contributed by atoms with Gasteiger partial charge in [0.15, 0.2) is 0 Å². The summed E-state index contributed by atoms with van der Waals surface area (Å²) in [5, 5.41) is 14.3. The summed E-state index contributed by atoms with van der Waals surface area (Å²) in [5.74, 6) is 0. The van der Waals surface area contributed by atoms with Gasteiger partial charge >= 0.3 is 0 Å². The molecule has 0 radical (unpaired) electrons. The van der Waals surface area contributed by atoms with Gasteiger partial charge in [-0.1, -0.05) is 23.7 Å². The van der Waals surface area contributed by atoms with E-state index in [9.17, 15) is 10.1 Å². The fourth-order valence-electron chi connectivity index (χ4n) is 1.51. The highest BCUT2D eigenvalue weighted by Gasteiger charge is 2.14.